The van der Waals surface area contributed by atoms with Crippen molar-refractivity contribution < 1.29 is 16.8 Å². The number of nitrogens with one attached hydrogen (secondary N) is 1. The van der Waals surface area contributed by atoms with Gasteiger partial charge in [0.25, 0.3) is 10.0 Å². The Hall–Kier alpha value is -1.90. The number of piperidine rings is 1. The molecule has 164 valence electrons. The lowest BCUT2D eigenvalue weighted by atomic mass is 10.0. The molecule has 8 heteroatoms. The molecule has 0 unspecified atom stereocenters. The number of sulfonamides is 2. The Morgan fingerprint density at radius 1 is 0.867 bits per heavy atom. The molecule has 6 nitrogen and oxygen atoms in total. The molecule has 0 saturated carbocycles. The summed E-state index contributed by atoms with van der Waals surface area (Å²) in [6.45, 7) is 10.5. The van der Waals surface area contributed by atoms with Gasteiger partial charge in [-0.2, -0.15) is 4.31 Å². The van der Waals surface area contributed by atoms with Crippen LogP contribution in [0.15, 0.2) is 40.1 Å². The largest absolute Gasteiger partial charge is 0.280 e. The van der Waals surface area contributed by atoms with Crippen LogP contribution in [0.4, 0.5) is 5.69 Å². The van der Waals surface area contributed by atoms with Crippen LogP contribution in [0.2, 0.25) is 0 Å². The first-order chi connectivity index (χ1) is 13.9. The average molecular weight is 451 g/mol. The zero-order chi connectivity index (χ0) is 22.3. The summed E-state index contributed by atoms with van der Waals surface area (Å²) >= 11 is 0. The van der Waals surface area contributed by atoms with Gasteiger partial charge < -0.3 is 0 Å². The van der Waals surface area contributed by atoms with Crippen molar-refractivity contribution in [1.29, 1.82) is 0 Å². The SMILES string of the molecule is Cc1cc(C)c(C)c(S(=O)(=O)Nc2ccc(S(=O)(=O)N3CCC(C)CC3)cc2)c1C. The molecule has 0 radical (unpaired) electrons. The molecule has 1 saturated heterocycles. The summed E-state index contributed by atoms with van der Waals surface area (Å²) in [5, 5.41) is 0. The number of aryl methyl sites for hydroxylation is 2. The van der Waals surface area contributed by atoms with Gasteiger partial charge in [-0.25, -0.2) is 16.8 Å². The average Bonchev–Trinajstić information content (AvgIpc) is 2.67. The van der Waals surface area contributed by atoms with Gasteiger partial charge in [-0.15, -0.1) is 0 Å². The molecule has 0 amide bonds. The van der Waals surface area contributed by atoms with Gasteiger partial charge in [0.2, 0.25) is 10.0 Å². The van der Waals surface area contributed by atoms with E-state index in [-0.39, 0.29) is 9.79 Å². The Kier molecular flexibility index (Phi) is 6.32. The van der Waals surface area contributed by atoms with Crippen LogP contribution in [-0.2, 0) is 20.0 Å². The number of rotatable bonds is 5. The van der Waals surface area contributed by atoms with Crippen molar-refractivity contribution in [1.82, 2.24) is 4.31 Å². The van der Waals surface area contributed by atoms with E-state index >= 15 is 0 Å². The Bertz CT molecular complexity index is 1120. The van der Waals surface area contributed by atoms with Crippen LogP contribution in [0.25, 0.3) is 0 Å². The third kappa shape index (κ3) is 4.40. The van der Waals surface area contributed by atoms with Gasteiger partial charge in [-0.1, -0.05) is 13.0 Å². The fourth-order valence-electron chi connectivity index (χ4n) is 3.86. The van der Waals surface area contributed by atoms with E-state index in [9.17, 15) is 16.8 Å². The minimum absolute atomic E-state index is 0.179. The number of hydrogen-bond donors (Lipinski definition) is 1. The molecule has 1 aliphatic rings. The summed E-state index contributed by atoms with van der Waals surface area (Å²) in [5.74, 6) is 0.533. The molecule has 1 N–H and O–H groups in total. The van der Waals surface area contributed by atoms with Gasteiger partial charge in [-0.3, -0.25) is 4.72 Å². The van der Waals surface area contributed by atoms with Crippen LogP contribution in [0, 0.1) is 33.6 Å². The zero-order valence-corrected chi connectivity index (χ0v) is 19.8. The second-order valence-electron chi connectivity index (χ2n) is 8.31. The van der Waals surface area contributed by atoms with E-state index in [1.165, 1.54) is 28.6 Å². The van der Waals surface area contributed by atoms with Crippen molar-refractivity contribution in [3.63, 3.8) is 0 Å². The first kappa shape index (κ1) is 22.8. The second kappa shape index (κ2) is 8.32. The molecule has 0 atom stereocenters. The van der Waals surface area contributed by atoms with Crippen molar-refractivity contribution in [3.05, 3.63) is 52.6 Å². The van der Waals surface area contributed by atoms with E-state index in [4.69, 9.17) is 0 Å². The van der Waals surface area contributed by atoms with E-state index < -0.39 is 20.0 Å². The highest BCUT2D eigenvalue weighted by molar-refractivity contribution is 7.92. The number of nitrogens with zero attached hydrogens (tertiary/aromatic N) is 1. The molecular weight excluding hydrogens is 420 g/mol. The van der Waals surface area contributed by atoms with Crippen LogP contribution in [-0.4, -0.2) is 34.2 Å². The van der Waals surface area contributed by atoms with E-state index in [1.807, 2.05) is 19.9 Å². The maximum absolute atomic E-state index is 13.1. The topological polar surface area (TPSA) is 83.5 Å². The Labute approximate surface area is 180 Å². The van der Waals surface area contributed by atoms with Crippen molar-refractivity contribution in [2.24, 2.45) is 5.92 Å². The molecular formula is C22H30N2O4S2. The molecule has 1 heterocycles. The van der Waals surface area contributed by atoms with Crippen molar-refractivity contribution >= 4 is 25.7 Å². The fourth-order valence-corrected chi connectivity index (χ4v) is 7.01. The van der Waals surface area contributed by atoms with Gasteiger partial charge >= 0.3 is 0 Å². The molecule has 0 spiro atoms. The van der Waals surface area contributed by atoms with Gasteiger partial charge in [-0.05, 0) is 93.0 Å². The highest BCUT2D eigenvalue weighted by Gasteiger charge is 2.28. The third-order valence-electron chi connectivity index (χ3n) is 6.05. The lowest BCUT2D eigenvalue weighted by Gasteiger charge is -2.29. The molecule has 2 aromatic rings. The highest BCUT2D eigenvalue weighted by Crippen LogP contribution is 2.29. The Morgan fingerprint density at radius 3 is 1.87 bits per heavy atom. The third-order valence-corrected chi connectivity index (χ3v) is 9.62. The first-order valence-corrected chi connectivity index (χ1v) is 13.1. The van der Waals surface area contributed by atoms with Gasteiger partial charge in [0.15, 0.2) is 0 Å². The van der Waals surface area contributed by atoms with E-state index in [0.717, 1.165) is 24.0 Å². The van der Waals surface area contributed by atoms with E-state index in [2.05, 4.69) is 11.6 Å². The number of anilines is 1. The summed E-state index contributed by atoms with van der Waals surface area (Å²) in [7, 11) is -7.37. The Morgan fingerprint density at radius 2 is 1.37 bits per heavy atom. The molecule has 0 aromatic heterocycles. The highest BCUT2D eigenvalue weighted by atomic mass is 32.2. The lowest BCUT2D eigenvalue weighted by molar-refractivity contribution is 0.288. The summed E-state index contributed by atoms with van der Waals surface area (Å²) in [6, 6.07) is 7.91. The van der Waals surface area contributed by atoms with Crippen LogP contribution in [0.3, 0.4) is 0 Å². The van der Waals surface area contributed by atoms with Crippen LogP contribution >= 0.6 is 0 Å². The van der Waals surface area contributed by atoms with Crippen molar-refractivity contribution in [2.75, 3.05) is 17.8 Å². The normalized spacial score (nSPS) is 16.6. The molecule has 0 aliphatic carbocycles. The second-order valence-corrected chi connectivity index (χ2v) is 11.9. The molecule has 2 aromatic carbocycles. The molecule has 1 aliphatic heterocycles. The predicted octanol–water partition coefficient (Wildman–Crippen LogP) is 4.14. The Balaban J connectivity index is 1.86. The standard InChI is InChI=1S/C22H30N2O4S2/c1-15-10-12-24(13-11-15)30(27,28)21-8-6-20(7-9-21)23-29(25,26)22-18(4)16(2)14-17(3)19(22)5/h6-9,14-15,23H,10-13H2,1-5H3. The summed E-state index contributed by atoms with van der Waals surface area (Å²) in [4.78, 5) is 0.456. The maximum Gasteiger partial charge on any atom is 0.262 e. The van der Waals surface area contributed by atoms with Crippen LogP contribution < -0.4 is 4.72 Å². The van der Waals surface area contributed by atoms with Gasteiger partial charge in [0.05, 0.1) is 9.79 Å². The van der Waals surface area contributed by atoms with Gasteiger partial charge in [0, 0.05) is 18.8 Å². The quantitative estimate of drug-likeness (QED) is 0.742. The van der Waals surface area contributed by atoms with Crippen molar-refractivity contribution in [3.8, 4) is 0 Å². The van der Waals surface area contributed by atoms with Crippen LogP contribution in [0.5, 0.6) is 0 Å². The summed E-state index contributed by atoms with van der Waals surface area (Å²) in [6.07, 6.45) is 1.71. The molecule has 3 rings (SSSR count). The minimum Gasteiger partial charge on any atom is -0.280 e. The zero-order valence-electron chi connectivity index (χ0n) is 18.2. The van der Waals surface area contributed by atoms with Crippen molar-refractivity contribution in [2.45, 2.75) is 57.3 Å². The lowest BCUT2D eigenvalue weighted by Crippen LogP contribution is -2.37. The fraction of sp³-hybridized carbons (Fsp3) is 0.455. The number of benzene rings is 2. The van der Waals surface area contributed by atoms with E-state index in [0.29, 0.717) is 35.8 Å². The first-order valence-electron chi connectivity index (χ1n) is 10.1. The monoisotopic (exact) mass is 450 g/mol. The van der Waals surface area contributed by atoms with Gasteiger partial charge in [0.1, 0.15) is 0 Å². The molecule has 30 heavy (non-hydrogen) atoms. The van der Waals surface area contributed by atoms with Crippen LogP contribution in [0.1, 0.15) is 42.0 Å². The minimum atomic E-state index is -3.80. The molecule has 0 bridgehead atoms. The summed E-state index contributed by atoms with van der Waals surface area (Å²) in [5.41, 5.74) is 3.58. The van der Waals surface area contributed by atoms with E-state index in [1.54, 1.807) is 13.8 Å². The maximum atomic E-state index is 13.1. The molecule has 1 fully saturated rings. The summed E-state index contributed by atoms with van der Waals surface area (Å²) < 4.78 is 56.0. The predicted molar refractivity (Wildman–Crippen MR) is 120 cm³/mol. The number of hydrogen-bond acceptors (Lipinski definition) is 4. The smallest absolute Gasteiger partial charge is 0.262 e.